The summed E-state index contributed by atoms with van der Waals surface area (Å²) >= 11 is 0. The summed E-state index contributed by atoms with van der Waals surface area (Å²) in [5.41, 5.74) is 0.521. The summed E-state index contributed by atoms with van der Waals surface area (Å²) in [7, 11) is 0. The van der Waals surface area contributed by atoms with E-state index in [0.29, 0.717) is 11.3 Å². The number of amides is 1. The number of hydrogen-bond acceptors (Lipinski definition) is 2. The van der Waals surface area contributed by atoms with Crippen molar-refractivity contribution >= 4 is 5.91 Å². The molecule has 0 aromatic heterocycles. The molecule has 2 aliphatic rings. The van der Waals surface area contributed by atoms with E-state index in [0.717, 1.165) is 19.6 Å². The molecule has 1 saturated heterocycles. The van der Waals surface area contributed by atoms with Gasteiger partial charge in [0.1, 0.15) is 0 Å². The summed E-state index contributed by atoms with van der Waals surface area (Å²) in [4.78, 5) is 14.4. The van der Waals surface area contributed by atoms with Gasteiger partial charge in [-0.1, -0.05) is 19.8 Å². The molecule has 1 aliphatic heterocycles. The van der Waals surface area contributed by atoms with Gasteiger partial charge < -0.3 is 10.2 Å². The minimum Gasteiger partial charge on any atom is -0.341 e. The van der Waals surface area contributed by atoms with Crippen LogP contribution in [0.2, 0.25) is 0 Å². The van der Waals surface area contributed by atoms with Crippen LogP contribution in [0.3, 0.4) is 0 Å². The zero-order valence-electron chi connectivity index (χ0n) is 12.0. The lowest BCUT2D eigenvalue weighted by Gasteiger charge is -2.26. The quantitative estimate of drug-likeness (QED) is 0.815. The molecule has 0 spiro atoms. The van der Waals surface area contributed by atoms with E-state index in [1.54, 1.807) is 0 Å². The summed E-state index contributed by atoms with van der Waals surface area (Å²) in [6.45, 7) is 7.23. The summed E-state index contributed by atoms with van der Waals surface area (Å²) in [6.07, 6.45) is 8.83. The van der Waals surface area contributed by atoms with E-state index < -0.39 is 0 Å². The minimum absolute atomic E-state index is 0.00729. The number of likely N-dealkylation sites (tertiary alicyclic amines) is 1. The lowest BCUT2D eigenvalue weighted by Crippen LogP contribution is -2.46. The molecule has 1 amide bonds. The standard InChI is InChI=1S/C15H28N2O/c1-3-15(8-9-15)12-16-13(2)14(18)17-10-6-4-5-7-11-17/h13,16H,3-12H2,1-2H3. The molecule has 0 aromatic rings. The van der Waals surface area contributed by atoms with Gasteiger partial charge in [0, 0.05) is 19.6 Å². The maximum atomic E-state index is 12.3. The second-order valence-electron chi connectivity index (χ2n) is 6.20. The first-order chi connectivity index (χ1) is 8.67. The molecule has 1 heterocycles. The topological polar surface area (TPSA) is 32.3 Å². The Labute approximate surface area is 111 Å². The van der Waals surface area contributed by atoms with E-state index in [1.165, 1.54) is 44.9 Å². The van der Waals surface area contributed by atoms with Gasteiger partial charge >= 0.3 is 0 Å². The zero-order chi connectivity index (χ0) is 13.0. The maximum absolute atomic E-state index is 12.3. The first kappa shape index (κ1) is 13.9. The zero-order valence-corrected chi connectivity index (χ0v) is 12.0. The molecular weight excluding hydrogens is 224 g/mol. The first-order valence-electron chi connectivity index (χ1n) is 7.69. The van der Waals surface area contributed by atoms with Crippen molar-refractivity contribution in [2.24, 2.45) is 5.41 Å². The molecule has 0 bridgehead atoms. The van der Waals surface area contributed by atoms with E-state index in [-0.39, 0.29) is 6.04 Å². The summed E-state index contributed by atoms with van der Waals surface area (Å²) in [6, 6.07) is -0.00729. The van der Waals surface area contributed by atoms with Gasteiger partial charge in [-0.15, -0.1) is 0 Å². The second-order valence-corrected chi connectivity index (χ2v) is 6.20. The van der Waals surface area contributed by atoms with Crippen LogP contribution in [0.1, 0.15) is 58.8 Å². The van der Waals surface area contributed by atoms with Crippen LogP contribution in [-0.4, -0.2) is 36.5 Å². The van der Waals surface area contributed by atoms with Gasteiger partial charge in [-0.05, 0) is 44.4 Å². The van der Waals surface area contributed by atoms with Crippen LogP contribution in [0.15, 0.2) is 0 Å². The van der Waals surface area contributed by atoms with Gasteiger partial charge in [0.25, 0.3) is 0 Å². The van der Waals surface area contributed by atoms with Crippen molar-refractivity contribution in [2.75, 3.05) is 19.6 Å². The fraction of sp³-hybridized carbons (Fsp3) is 0.933. The molecule has 104 valence electrons. The van der Waals surface area contributed by atoms with Gasteiger partial charge in [-0.2, -0.15) is 0 Å². The summed E-state index contributed by atoms with van der Waals surface area (Å²) in [5, 5.41) is 3.46. The van der Waals surface area contributed by atoms with Crippen LogP contribution in [-0.2, 0) is 4.79 Å². The third-order valence-electron chi connectivity index (χ3n) is 4.78. The molecule has 2 rings (SSSR count). The lowest BCUT2D eigenvalue weighted by atomic mass is 10.0. The summed E-state index contributed by atoms with van der Waals surface area (Å²) in [5.74, 6) is 0.309. The fourth-order valence-electron chi connectivity index (χ4n) is 2.85. The average Bonchev–Trinajstić information content (AvgIpc) is 3.19. The van der Waals surface area contributed by atoms with Crippen LogP contribution in [0.25, 0.3) is 0 Å². The predicted molar refractivity (Wildman–Crippen MR) is 74.5 cm³/mol. The van der Waals surface area contributed by atoms with Crippen LogP contribution in [0.4, 0.5) is 0 Å². The molecule has 1 unspecified atom stereocenters. The lowest BCUT2D eigenvalue weighted by molar-refractivity contribution is -0.133. The van der Waals surface area contributed by atoms with Crippen molar-refractivity contribution < 1.29 is 4.79 Å². The largest absolute Gasteiger partial charge is 0.341 e. The van der Waals surface area contributed by atoms with Crippen LogP contribution in [0.5, 0.6) is 0 Å². The molecule has 1 saturated carbocycles. The highest BCUT2D eigenvalue weighted by molar-refractivity contribution is 5.81. The fourth-order valence-corrected chi connectivity index (χ4v) is 2.85. The van der Waals surface area contributed by atoms with Crippen molar-refractivity contribution in [2.45, 2.75) is 64.8 Å². The van der Waals surface area contributed by atoms with Crippen molar-refractivity contribution in [3.8, 4) is 0 Å². The Kier molecular flexibility index (Phi) is 4.66. The molecule has 0 radical (unpaired) electrons. The highest BCUT2D eigenvalue weighted by Gasteiger charge is 2.40. The molecule has 2 fully saturated rings. The van der Waals surface area contributed by atoms with Crippen LogP contribution < -0.4 is 5.32 Å². The smallest absolute Gasteiger partial charge is 0.239 e. The van der Waals surface area contributed by atoms with Gasteiger partial charge in [0.2, 0.25) is 5.91 Å². The Morgan fingerprint density at radius 1 is 1.22 bits per heavy atom. The number of carbonyl (C=O) groups excluding carboxylic acids is 1. The monoisotopic (exact) mass is 252 g/mol. The van der Waals surface area contributed by atoms with Crippen molar-refractivity contribution in [1.82, 2.24) is 10.2 Å². The van der Waals surface area contributed by atoms with Gasteiger partial charge in [0.15, 0.2) is 0 Å². The number of hydrogen-bond donors (Lipinski definition) is 1. The van der Waals surface area contributed by atoms with Crippen molar-refractivity contribution in [3.05, 3.63) is 0 Å². The van der Waals surface area contributed by atoms with E-state index in [1.807, 2.05) is 6.92 Å². The Morgan fingerprint density at radius 3 is 2.33 bits per heavy atom. The molecule has 0 aromatic carbocycles. The van der Waals surface area contributed by atoms with Gasteiger partial charge in [-0.25, -0.2) is 0 Å². The second kappa shape index (κ2) is 6.05. The predicted octanol–water partition coefficient (Wildman–Crippen LogP) is 2.56. The van der Waals surface area contributed by atoms with Crippen LogP contribution in [0, 0.1) is 5.41 Å². The number of nitrogens with one attached hydrogen (secondary N) is 1. The molecule has 3 heteroatoms. The third kappa shape index (κ3) is 3.47. The Bertz CT molecular complexity index is 278. The molecule has 1 aliphatic carbocycles. The SMILES string of the molecule is CCC1(CNC(C)C(=O)N2CCCCCC2)CC1. The first-order valence-corrected chi connectivity index (χ1v) is 7.69. The Morgan fingerprint density at radius 2 is 1.83 bits per heavy atom. The molecule has 18 heavy (non-hydrogen) atoms. The Hall–Kier alpha value is -0.570. The van der Waals surface area contributed by atoms with Gasteiger partial charge in [0.05, 0.1) is 6.04 Å². The average molecular weight is 252 g/mol. The van der Waals surface area contributed by atoms with E-state index in [9.17, 15) is 4.79 Å². The minimum atomic E-state index is -0.00729. The van der Waals surface area contributed by atoms with E-state index in [2.05, 4.69) is 17.1 Å². The van der Waals surface area contributed by atoms with E-state index in [4.69, 9.17) is 0 Å². The summed E-state index contributed by atoms with van der Waals surface area (Å²) < 4.78 is 0. The number of carbonyl (C=O) groups is 1. The Balaban J connectivity index is 1.76. The molecule has 1 atom stereocenters. The highest BCUT2D eigenvalue weighted by atomic mass is 16.2. The van der Waals surface area contributed by atoms with Crippen molar-refractivity contribution in [3.63, 3.8) is 0 Å². The van der Waals surface area contributed by atoms with Gasteiger partial charge in [-0.3, -0.25) is 4.79 Å². The number of nitrogens with zero attached hydrogens (tertiary/aromatic N) is 1. The van der Waals surface area contributed by atoms with Crippen molar-refractivity contribution in [1.29, 1.82) is 0 Å². The van der Waals surface area contributed by atoms with E-state index >= 15 is 0 Å². The maximum Gasteiger partial charge on any atom is 0.239 e. The number of rotatable bonds is 5. The molecule has 3 nitrogen and oxygen atoms in total. The molecular formula is C15H28N2O. The third-order valence-corrected chi connectivity index (χ3v) is 4.78. The molecule has 1 N–H and O–H groups in total. The van der Waals surface area contributed by atoms with Crippen LogP contribution >= 0.6 is 0 Å². The normalized spacial score (nSPS) is 24.4. The highest BCUT2D eigenvalue weighted by Crippen LogP contribution is 2.47.